The van der Waals surface area contributed by atoms with Crippen molar-refractivity contribution in [1.29, 1.82) is 0 Å². The van der Waals surface area contributed by atoms with Gasteiger partial charge in [-0.25, -0.2) is 0 Å². The molecule has 0 unspecified atom stereocenters. The van der Waals surface area contributed by atoms with Crippen molar-refractivity contribution >= 4 is 17.5 Å². The van der Waals surface area contributed by atoms with Gasteiger partial charge >= 0.3 is 0 Å². The van der Waals surface area contributed by atoms with Gasteiger partial charge in [-0.1, -0.05) is 23.7 Å². The second-order valence-corrected chi connectivity index (χ2v) is 5.99. The van der Waals surface area contributed by atoms with Crippen LogP contribution in [0, 0.1) is 12.8 Å². The fraction of sp³-hybridized carbons (Fsp3) is 0.533. The van der Waals surface area contributed by atoms with Crippen molar-refractivity contribution in [3.8, 4) is 0 Å². The molecule has 0 saturated carbocycles. The SMILES string of the molecule is Cc1cccc(C(=O)N2C[C@@H]3CCCN[C@@H]3C2)c1Cl. The van der Waals surface area contributed by atoms with Crippen molar-refractivity contribution in [2.75, 3.05) is 19.6 Å². The average Bonchev–Trinajstić information content (AvgIpc) is 2.85. The predicted octanol–water partition coefficient (Wildman–Crippen LogP) is 2.47. The molecule has 1 aromatic carbocycles. The van der Waals surface area contributed by atoms with E-state index in [-0.39, 0.29) is 5.91 Å². The first-order valence-corrected chi connectivity index (χ1v) is 7.32. The molecule has 2 saturated heterocycles. The molecule has 1 aromatic rings. The Bertz CT molecular complexity index is 489. The van der Waals surface area contributed by atoms with Crippen LogP contribution in [0.15, 0.2) is 18.2 Å². The highest BCUT2D eigenvalue weighted by Crippen LogP contribution is 2.28. The third-order valence-corrected chi connectivity index (χ3v) is 4.81. The zero-order valence-electron chi connectivity index (χ0n) is 11.2. The number of halogens is 1. The first kappa shape index (κ1) is 12.9. The smallest absolute Gasteiger partial charge is 0.255 e. The Kier molecular flexibility index (Phi) is 3.50. The predicted molar refractivity (Wildman–Crippen MR) is 76.6 cm³/mol. The van der Waals surface area contributed by atoms with Crippen LogP contribution in [-0.4, -0.2) is 36.5 Å². The summed E-state index contributed by atoms with van der Waals surface area (Å²) in [4.78, 5) is 14.5. The topological polar surface area (TPSA) is 32.3 Å². The van der Waals surface area contributed by atoms with Crippen LogP contribution in [0.1, 0.15) is 28.8 Å². The Hall–Kier alpha value is -1.06. The summed E-state index contributed by atoms with van der Waals surface area (Å²) in [7, 11) is 0. The molecule has 2 aliphatic heterocycles. The lowest BCUT2D eigenvalue weighted by atomic mass is 9.94. The second kappa shape index (κ2) is 5.14. The summed E-state index contributed by atoms with van der Waals surface area (Å²) in [6.45, 7) is 4.69. The number of rotatable bonds is 1. The van der Waals surface area contributed by atoms with Gasteiger partial charge in [0.05, 0.1) is 10.6 Å². The molecule has 0 aromatic heterocycles. The second-order valence-electron chi connectivity index (χ2n) is 5.61. The number of fused-ring (bicyclic) bond motifs is 1. The molecule has 2 aliphatic rings. The van der Waals surface area contributed by atoms with Crippen molar-refractivity contribution in [1.82, 2.24) is 10.2 Å². The maximum Gasteiger partial charge on any atom is 0.255 e. The van der Waals surface area contributed by atoms with Gasteiger partial charge in [0, 0.05) is 19.1 Å². The number of carbonyl (C=O) groups excluding carboxylic acids is 1. The van der Waals surface area contributed by atoms with Gasteiger partial charge in [0.2, 0.25) is 0 Å². The fourth-order valence-electron chi connectivity index (χ4n) is 3.20. The number of nitrogens with one attached hydrogen (secondary N) is 1. The number of hydrogen-bond donors (Lipinski definition) is 1. The number of benzene rings is 1. The van der Waals surface area contributed by atoms with E-state index in [9.17, 15) is 4.79 Å². The van der Waals surface area contributed by atoms with Crippen molar-refractivity contribution in [3.05, 3.63) is 34.3 Å². The molecule has 19 heavy (non-hydrogen) atoms. The van der Waals surface area contributed by atoms with Gasteiger partial charge in [-0.05, 0) is 43.9 Å². The van der Waals surface area contributed by atoms with E-state index in [4.69, 9.17) is 11.6 Å². The summed E-state index contributed by atoms with van der Waals surface area (Å²) >= 11 is 6.26. The summed E-state index contributed by atoms with van der Waals surface area (Å²) in [6.07, 6.45) is 2.44. The molecule has 3 rings (SSSR count). The summed E-state index contributed by atoms with van der Waals surface area (Å²) in [6, 6.07) is 6.13. The molecular formula is C15H19ClN2O. The third kappa shape index (κ3) is 2.37. The normalized spacial score (nSPS) is 26.3. The molecule has 0 bridgehead atoms. The van der Waals surface area contributed by atoms with Crippen molar-refractivity contribution in [3.63, 3.8) is 0 Å². The largest absolute Gasteiger partial charge is 0.337 e. The average molecular weight is 279 g/mol. The fourth-order valence-corrected chi connectivity index (χ4v) is 3.40. The van der Waals surface area contributed by atoms with Crippen LogP contribution in [0.2, 0.25) is 5.02 Å². The van der Waals surface area contributed by atoms with Crippen LogP contribution in [-0.2, 0) is 0 Å². The molecular weight excluding hydrogens is 260 g/mol. The minimum absolute atomic E-state index is 0.0740. The number of likely N-dealkylation sites (tertiary alicyclic amines) is 1. The van der Waals surface area contributed by atoms with Crippen LogP contribution < -0.4 is 5.32 Å². The standard InChI is InChI=1S/C15H19ClN2O/c1-10-4-2-6-12(14(10)16)15(19)18-8-11-5-3-7-17-13(11)9-18/h2,4,6,11,13,17H,3,5,7-9H2,1H3/t11-,13+/m0/s1. The highest BCUT2D eigenvalue weighted by atomic mass is 35.5. The molecule has 0 radical (unpaired) electrons. The van der Waals surface area contributed by atoms with E-state index in [1.165, 1.54) is 12.8 Å². The highest BCUT2D eigenvalue weighted by Gasteiger charge is 2.37. The zero-order chi connectivity index (χ0) is 13.4. The zero-order valence-corrected chi connectivity index (χ0v) is 11.9. The lowest BCUT2D eigenvalue weighted by Gasteiger charge is -2.24. The molecule has 2 heterocycles. The van der Waals surface area contributed by atoms with E-state index in [0.29, 0.717) is 22.5 Å². The molecule has 2 atom stereocenters. The van der Waals surface area contributed by atoms with E-state index in [1.54, 1.807) is 0 Å². The summed E-state index contributed by atoms with van der Waals surface area (Å²) < 4.78 is 0. The minimum Gasteiger partial charge on any atom is -0.337 e. The summed E-state index contributed by atoms with van der Waals surface area (Å²) in [5.74, 6) is 0.686. The molecule has 0 aliphatic carbocycles. The van der Waals surface area contributed by atoms with Crippen LogP contribution in [0.4, 0.5) is 0 Å². The van der Waals surface area contributed by atoms with E-state index in [0.717, 1.165) is 25.2 Å². The van der Waals surface area contributed by atoms with Gasteiger partial charge in [0.25, 0.3) is 5.91 Å². The Morgan fingerprint density at radius 2 is 2.26 bits per heavy atom. The van der Waals surface area contributed by atoms with Crippen molar-refractivity contribution in [2.24, 2.45) is 5.92 Å². The van der Waals surface area contributed by atoms with Crippen LogP contribution >= 0.6 is 11.6 Å². The molecule has 1 amide bonds. The molecule has 102 valence electrons. The lowest BCUT2D eigenvalue weighted by Crippen LogP contribution is -2.41. The van der Waals surface area contributed by atoms with Crippen LogP contribution in [0.25, 0.3) is 0 Å². The number of aryl methyl sites for hydroxylation is 1. The van der Waals surface area contributed by atoms with Gasteiger partial charge in [0.15, 0.2) is 0 Å². The molecule has 2 fully saturated rings. The van der Waals surface area contributed by atoms with E-state index < -0.39 is 0 Å². The Labute approximate surface area is 118 Å². The third-order valence-electron chi connectivity index (χ3n) is 4.31. The number of amides is 1. The molecule has 3 nitrogen and oxygen atoms in total. The Morgan fingerprint density at radius 3 is 3.05 bits per heavy atom. The van der Waals surface area contributed by atoms with Crippen molar-refractivity contribution in [2.45, 2.75) is 25.8 Å². The van der Waals surface area contributed by atoms with E-state index >= 15 is 0 Å². The monoisotopic (exact) mass is 278 g/mol. The van der Waals surface area contributed by atoms with Gasteiger partial charge < -0.3 is 10.2 Å². The van der Waals surface area contributed by atoms with Crippen LogP contribution in [0.5, 0.6) is 0 Å². The van der Waals surface area contributed by atoms with E-state index in [1.807, 2.05) is 30.0 Å². The number of carbonyl (C=O) groups is 1. The van der Waals surface area contributed by atoms with Gasteiger partial charge in [-0.15, -0.1) is 0 Å². The molecule has 4 heteroatoms. The van der Waals surface area contributed by atoms with Gasteiger partial charge in [-0.2, -0.15) is 0 Å². The molecule has 1 N–H and O–H groups in total. The highest BCUT2D eigenvalue weighted by molar-refractivity contribution is 6.34. The maximum absolute atomic E-state index is 12.6. The van der Waals surface area contributed by atoms with Crippen LogP contribution in [0.3, 0.4) is 0 Å². The number of nitrogens with zero attached hydrogens (tertiary/aromatic N) is 1. The Balaban J connectivity index is 1.79. The summed E-state index contributed by atoms with van der Waals surface area (Å²) in [5, 5.41) is 4.11. The first-order chi connectivity index (χ1) is 9.16. The molecule has 0 spiro atoms. The minimum atomic E-state index is 0.0740. The quantitative estimate of drug-likeness (QED) is 0.856. The van der Waals surface area contributed by atoms with Crippen molar-refractivity contribution < 1.29 is 4.79 Å². The number of hydrogen-bond acceptors (Lipinski definition) is 2. The lowest BCUT2D eigenvalue weighted by molar-refractivity contribution is 0.0785. The first-order valence-electron chi connectivity index (χ1n) is 6.94. The van der Waals surface area contributed by atoms with E-state index in [2.05, 4.69) is 5.32 Å². The van der Waals surface area contributed by atoms with Gasteiger partial charge in [0.1, 0.15) is 0 Å². The maximum atomic E-state index is 12.6. The number of piperidine rings is 1. The summed E-state index contributed by atoms with van der Waals surface area (Å²) in [5.41, 5.74) is 1.60. The Morgan fingerprint density at radius 1 is 1.42 bits per heavy atom. The van der Waals surface area contributed by atoms with Gasteiger partial charge in [-0.3, -0.25) is 4.79 Å².